The molecule has 3 aromatic rings. The molecule has 0 atom stereocenters. The lowest BCUT2D eigenvalue weighted by atomic mass is 10.1. The summed E-state index contributed by atoms with van der Waals surface area (Å²) in [6.45, 7) is 2.92. The second kappa shape index (κ2) is 17.6. The Bertz CT molecular complexity index is 1230. The minimum Gasteiger partial charge on any atom is -0.494 e. The molecule has 0 aromatic heterocycles. The summed E-state index contributed by atoms with van der Waals surface area (Å²) in [5.74, 6) is 0.879. The zero-order valence-electron chi connectivity index (χ0n) is 23.3. The molecular formula is C32H38Cl2N2O4. The van der Waals surface area contributed by atoms with Crippen molar-refractivity contribution in [1.82, 2.24) is 0 Å². The lowest BCUT2D eigenvalue weighted by molar-refractivity contribution is 0.0729. The highest BCUT2D eigenvalue weighted by Crippen LogP contribution is 2.33. The van der Waals surface area contributed by atoms with Crippen LogP contribution < -0.4 is 14.2 Å². The maximum absolute atomic E-state index is 12.7. The van der Waals surface area contributed by atoms with Crippen molar-refractivity contribution in [3.05, 3.63) is 76.3 Å². The van der Waals surface area contributed by atoms with E-state index >= 15 is 0 Å². The summed E-state index contributed by atoms with van der Waals surface area (Å²) in [6, 6.07) is 16.9. The molecule has 0 saturated carbocycles. The van der Waals surface area contributed by atoms with Crippen molar-refractivity contribution >= 4 is 40.5 Å². The topological polar surface area (TPSA) is 69.5 Å². The molecule has 0 bridgehead atoms. The largest absolute Gasteiger partial charge is 0.494 e. The lowest BCUT2D eigenvalue weighted by Crippen LogP contribution is -2.09. The van der Waals surface area contributed by atoms with Gasteiger partial charge in [0.05, 0.1) is 40.7 Å². The van der Waals surface area contributed by atoms with Crippen LogP contribution in [-0.2, 0) is 0 Å². The van der Waals surface area contributed by atoms with E-state index in [1.807, 2.05) is 0 Å². The number of methoxy groups -OCH3 is 1. The van der Waals surface area contributed by atoms with Crippen LogP contribution in [-0.4, -0.2) is 19.7 Å². The van der Waals surface area contributed by atoms with Crippen molar-refractivity contribution in [3.63, 3.8) is 0 Å². The van der Waals surface area contributed by atoms with Gasteiger partial charge in [-0.1, -0.05) is 87.9 Å². The van der Waals surface area contributed by atoms with E-state index < -0.39 is 5.97 Å². The highest BCUT2D eigenvalue weighted by molar-refractivity contribution is 6.42. The van der Waals surface area contributed by atoms with E-state index in [1.165, 1.54) is 64.9 Å². The summed E-state index contributed by atoms with van der Waals surface area (Å²) in [5, 5.41) is 9.20. The minimum absolute atomic E-state index is 0.280. The van der Waals surface area contributed by atoms with Crippen molar-refractivity contribution in [2.45, 2.75) is 71.1 Å². The number of nitrogens with zero attached hydrogens (tertiary/aromatic N) is 2. The van der Waals surface area contributed by atoms with Crippen molar-refractivity contribution in [3.8, 4) is 17.2 Å². The van der Waals surface area contributed by atoms with Crippen LogP contribution in [0.2, 0.25) is 10.0 Å². The van der Waals surface area contributed by atoms with E-state index in [1.54, 1.807) is 60.7 Å². The van der Waals surface area contributed by atoms with E-state index in [9.17, 15) is 4.79 Å². The maximum atomic E-state index is 12.7. The predicted molar refractivity (Wildman–Crippen MR) is 162 cm³/mol. The van der Waals surface area contributed by atoms with Crippen LogP contribution in [0.25, 0.3) is 0 Å². The molecule has 0 N–H and O–H groups in total. The number of carbonyl (C=O) groups is 1. The van der Waals surface area contributed by atoms with Crippen LogP contribution in [0.1, 0.15) is 81.5 Å². The van der Waals surface area contributed by atoms with Gasteiger partial charge < -0.3 is 14.2 Å². The quantitative estimate of drug-likeness (QED) is 0.0684. The first-order valence-electron chi connectivity index (χ1n) is 14.0. The average Bonchev–Trinajstić information content (AvgIpc) is 2.97. The Balaban J connectivity index is 1.42. The Kier molecular flexibility index (Phi) is 13.8. The molecular weight excluding hydrogens is 547 g/mol. The molecule has 8 heteroatoms. The van der Waals surface area contributed by atoms with Crippen LogP contribution in [0, 0.1) is 0 Å². The molecule has 6 nitrogen and oxygen atoms in total. The summed E-state index contributed by atoms with van der Waals surface area (Å²) >= 11 is 12.0. The van der Waals surface area contributed by atoms with Gasteiger partial charge in [-0.25, -0.2) is 4.79 Å². The van der Waals surface area contributed by atoms with Gasteiger partial charge in [0.25, 0.3) is 0 Å². The van der Waals surface area contributed by atoms with Gasteiger partial charge in [-0.15, -0.1) is 0 Å². The van der Waals surface area contributed by atoms with E-state index in [0.29, 0.717) is 39.3 Å². The van der Waals surface area contributed by atoms with Gasteiger partial charge in [0.1, 0.15) is 5.75 Å². The van der Waals surface area contributed by atoms with Crippen LogP contribution in [0.15, 0.2) is 70.9 Å². The summed E-state index contributed by atoms with van der Waals surface area (Å²) in [7, 11) is 1.49. The lowest BCUT2D eigenvalue weighted by Gasteiger charge is -2.10. The third-order valence-electron chi connectivity index (χ3n) is 6.39. The number of rotatable bonds is 17. The Morgan fingerprint density at radius 2 is 1.30 bits per heavy atom. The molecule has 0 spiro atoms. The van der Waals surface area contributed by atoms with Gasteiger partial charge in [0.2, 0.25) is 0 Å². The number of halogens is 2. The molecule has 3 aromatic carbocycles. The number of azo groups is 1. The molecule has 0 aliphatic heterocycles. The Morgan fingerprint density at radius 3 is 1.93 bits per heavy atom. The average molecular weight is 586 g/mol. The number of carbonyl (C=O) groups excluding carboxylic acids is 1. The molecule has 3 rings (SSSR count). The van der Waals surface area contributed by atoms with Gasteiger partial charge in [-0.05, 0) is 61.0 Å². The van der Waals surface area contributed by atoms with Gasteiger partial charge in [-0.2, -0.15) is 10.2 Å². The third kappa shape index (κ3) is 10.8. The summed E-state index contributed by atoms with van der Waals surface area (Å²) in [5.41, 5.74) is 1.49. The molecule has 0 unspecified atom stereocenters. The van der Waals surface area contributed by atoms with Crippen LogP contribution in [0.4, 0.5) is 11.4 Å². The van der Waals surface area contributed by atoms with Crippen molar-refractivity contribution in [2.75, 3.05) is 13.7 Å². The molecule has 0 aliphatic carbocycles. The normalized spacial score (nSPS) is 11.1. The van der Waals surface area contributed by atoms with E-state index in [0.717, 1.165) is 12.2 Å². The second-order valence-corrected chi connectivity index (χ2v) is 10.4. The number of benzene rings is 3. The number of hydrogen-bond acceptors (Lipinski definition) is 6. The van der Waals surface area contributed by atoms with Gasteiger partial charge in [0.15, 0.2) is 11.5 Å². The molecule has 0 radical (unpaired) electrons. The molecule has 0 fully saturated rings. The third-order valence-corrected chi connectivity index (χ3v) is 7.13. The Hall–Kier alpha value is -3.09. The molecule has 0 heterocycles. The number of hydrogen-bond donors (Lipinski definition) is 0. The first-order valence-corrected chi connectivity index (χ1v) is 14.8. The van der Waals surface area contributed by atoms with Gasteiger partial charge in [-0.3, -0.25) is 0 Å². The van der Waals surface area contributed by atoms with Crippen LogP contribution >= 0.6 is 23.2 Å². The Labute approximate surface area is 247 Å². The molecule has 0 amide bonds. The standard InChI is InChI=1S/C32H38Cl2N2O4/c1-3-4-5-6-7-8-9-10-11-12-21-39-27-17-13-24(14-18-27)32(37)40-30-20-16-26(23-31(30)38-2)36-35-25-15-19-28(33)29(34)22-25/h13-20,22-23H,3-12,21H2,1-2H3. The maximum Gasteiger partial charge on any atom is 0.343 e. The molecule has 40 heavy (non-hydrogen) atoms. The zero-order valence-corrected chi connectivity index (χ0v) is 24.8. The Morgan fingerprint density at radius 1 is 0.700 bits per heavy atom. The van der Waals surface area contributed by atoms with Gasteiger partial charge >= 0.3 is 5.97 Å². The fraction of sp³-hybridized carbons (Fsp3) is 0.406. The molecule has 0 aliphatic rings. The number of esters is 1. The summed E-state index contributed by atoms with van der Waals surface area (Å²) in [4.78, 5) is 12.7. The second-order valence-electron chi connectivity index (χ2n) is 9.58. The zero-order chi connectivity index (χ0) is 28.6. The minimum atomic E-state index is -0.496. The fourth-order valence-corrected chi connectivity index (χ4v) is 4.38. The van der Waals surface area contributed by atoms with Crippen LogP contribution in [0.3, 0.4) is 0 Å². The molecule has 0 saturated heterocycles. The van der Waals surface area contributed by atoms with Crippen LogP contribution in [0.5, 0.6) is 17.2 Å². The van der Waals surface area contributed by atoms with E-state index in [-0.39, 0.29) is 5.75 Å². The van der Waals surface area contributed by atoms with E-state index in [4.69, 9.17) is 37.4 Å². The highest BCUT2D eigenvalue weighted by atomic mass is 35.5. The monoisotopic (exact) mass is 584 g/mol. The fourth-order valence-electron chi connectivity index (χ4n) is 4.09. The van der Waals surface area contributed by atoms with Crippen molar-refractivity contribution in [1.29, 1.82) is 0 Å². The predicted octanol–water partition coefficient (Wildman–Crippen LogP) is 10.9. The summed E-state index contributed by atoms with van der Waals surface area (Å²) < 4.78 is 16.8. The summed E-state index contributed by atoms with van der Waals surface area (Å²) in [6.07, 6.45) is 12.9. The molecule has 214 valence electrons. The van der Waals surface area contributed by atoms with E-state index in [2.05, 4.69) is 17.2 Å². The van der Waals surface area contributed by atoms with Crippen molar-refractivity contribution < 1.29 is 19.0 Å². The first kappa shape index (κ1) is 31.4. The SMILES string of the molecule is CCCCCCCCCCCCOc1ccc(C(=O)Oc2ccc(N=Nc3ccc(Cl)c(Cl)c3)cc2OC)cc1. The van der Waals surface area contributed by atoms with Gasteiger partial charge in [0, 0.05) is 6.07 Å². The highest BCUT2D eigenvalue weighted by Gasteiger charge is 2.13. The number of ether oxygens (including phenoxy) is 3. The first-order chi connectivity index (χ1) is 19.5. The van der Waals surface area contributed by atoms with Crippen molar-refractivity contribution in [2.24, 2.45) is 10.2 Å². The smallest absolute Gasteiger partial charge is 0.343 e. The number of unbranched alkanes of at least 4 members (excludes halogenated alkanes) is 9.